The van der Waals surface area contributed by atoms with Crippen LogP contribution in [0.25, 0.3) is 11.2 Å². The molecule has 1 aliphatic rings. The normalized spacial score (nSPS) is 18.2. The van der Waals surface area contributed by atoms with Gasteiger partial charge in [0.05, 0.1) is 5.69 Å². The first-order valence-electron chi connectivity index (χ1n) is 6.81. The van der Waals surface area contributed by atoms with Crippen LogP contribution in [0.15, 0.2) is 0 Å². The molecule has 1 unspecified atom stereocenters. The van der Waals surface area contributed by atoms with Gasteiger partial charge in [0.1, 0.15) is 5.52 Å². The van der Waals surface area contributed by atoms with Gasteiger partial charge in [-0.2, -0.15) is 5.10 Å². The van der Waals surface area contributed by atoms with Gasteiger partial charge in [-0.1, -0.05) is 6.42 Å². The van der Waals surface area contributed by atoms with Crippen LogP contribution >= 0.6 is 12.2 Å². The molecule has 1 fully saturated rings. The lowest BCUT2D eigenvalue weighted by atomic mass is 9.80. The number of nitrogens with one attached hydrogen (secondary N) is 1. The number of aromatic amines is 1. The number of hydrogen-bond acceptors (Lipinski definition) is 2. The molecular formula is C13H20N4S. The number of rotatable bonds is 3. The van der Waals surface area contributed by atoms with Gasteiger partial charge in [-0.25, -0.2) is 4.68 Å². The van der Waals surface area contributed by atoms with Gasteiger partial charge in [0.2, 0.25) is 0 Å². The van der Waals surface area contributed by atoms with Crippen LogP contribution in [0.1, 0.15) is 44.8 Å². The number of nitrogens with zero attached hydrogens (tertiary/aromatic N) is 3. The van der Waals surface area contributed by atoms with Crippen molar-refractivity contribution in [2.24, 2.45) is 5.92 Å². The summed E-state index contributed by atoms with van der Waals surface area (Å²) < 4.78 is 5.18. The number of aryl methyl sites for hydroxylation is 2. The van der Waals surface area contributed by atoms with Crippen molar-refractivity contribution in [3.63, 3.8) is 0 Å². The van der Waals surface area contributed by atoms with Gasteiger partial charge in [0, 0.05) is 12.6 Å². The zero-order valence-corrected chi connectivity index (χ0v) is 12.0. The predicted molar refractivity (Wildman–Crippen MR) is 75.4 cm³/mol. The lowest BCUT2D eigenvalue weighted by Crippen LogP contribution is -2.23. The van der Waals surface area contributed by atoms with Crippen LogP contribution < -0.4 is 0 Å². The summed E-state index contributed by atoms with van der Waals surface area (Å²) in [4.78, 5) is 3.33. The SMILES string of the molecule is CCn1nc(C)c2[nH]c(=S)n(C(C)C3CCC3)c21. The third-order valence-electron chi connectivity index (χ3n) is 4.32. The third-order valence-corrected chi connectivity index (χ3v) is 4.62. The van der Waals surface area contributed by atoms with E-state index >= 15 is 0 Å². The van der Waals surface area contributed by atoms with Crippen molar-refractivity contribution in [1.29, 1.82) is 0 Å². The van der Waals surface area contributed by atoms with Crippen molar-refractivity contribution in [2.45, 2.75) is 52.6 Å². The Labute approximate surface area is 112 Å². The molecule has 1 aliphatic carbocycles. The van der Waals surface area contributed by atoms with E-state index in [-0.39, 0.29) is 0 Å². The number of aromatic nitrogens is 4. The fourth-order valence-electron chi connectivity index (χ4n) is 2.96. The first kappa shape index (κ1) is 12.0. The maximum absolute atomic E-state index is 5.51. The van der Waals surface area contributed by atoms with Gasteiger partial charge in [-0.05, 0) is 51.7 Å². The molecule has 5 heteroatoms. The standard InChI is InChI=1S/C13H20N4S/c1-4-16-12-11(8(2)15-16)14-13(18)17(12)9(3)10-6-5-7-10/h9-10H,4-7H2,1-3H3,(H,14,18). The van der Waals surface area contributed by atoms with Crippen LogP contribution in [0.3, 0.4) is 0 Å². The van der Waals surface area contributed by atoms with Crippen LogP contribution in [0.5, 0.6) is 0 Å². The molecule has 98 valence electrons. The zero-order chi connectivity index (χ0) is 12.9. The molecular weight excluding hydrogens is 244 g/mol. The molecule has 18 heavy (non-hydrogen) atoms. The molecule has 0 bridgehead atoms. The summed E-state index contributed by atoms with van der Waals surface area (Å²) in [5, 5.41) is 4.57. The van der Waals surface area contributed by atoms with Gasteiger partial charge >= 0.3 is 0 Å². The van der Waals surface area contributed by atoms with E-state index in [4.69, 9.17) is 12.2 Å². The second-order valence-corrected chi connectivity index (χ2v) is 5.72. The van der Waals surface area contributed by atoms with E-state index < -0.39 is 0 Å². The van der Waals surface area contributed by atoms with Gasteiger partial charge in [0.15, 0.2) is 10.4 Å². The van der Waals surface area contributed by atoms with E-state index in [0.29, 0.717) is 6.04 Å². The summed E-state index contributed by atoms with van der Waals surface area (Å²) in [6, 6.07) is 0.474. The first-order chi connectivity index (χ1) is 8.63. The topological polar surface area (TPSA) is 38.5 Å². The van der Waals surface area contributed by atoms with E-state index in [1.807, 2.05) is 6.92 Å². The highest BCUT2D eigenvalue weighted by atomic mass is 32.1. The average Bonchev–Trinajstić information content (AvgIpc) is 2.73. The van der Waals surface area contributed by atoms with E-state index in [1.165, 1.54) is 24.9 Å². The van der Waals surface area contributed by atoms with Crippen LogP contribution in [0, 0.1) is 17.6 Å². The lowest BCUT2D eigenvalue weighted by molar-refractivity contribution is 0.223. The Hall–Kier alpha value is -1.10. The minimum atomic E-state index is 0.474. The molecule has 2 aromatic heterocycles. The average molecular weight is 264 g/mol. The number of H-pyrrole nitrogens is 1. The Morgan fingerprint density at radius 2 is 2.22 bits per heavy atom. The van der Waals surface area contributed by atoms with Crippen molar-refractivity contribution in [2.75, 3.05) is 0 Å². The summed E-state index contributed by atoms with van der Waals surface area (Å²) in [5.41, 5.74) is 3.31. The molecule has 1 saturated carbocycles. The molecule has 2 aromatic rings. The molecule has 1 N–H and O–H groups in total. The Balaban J connectivity index is 2.20. The molecule has 0 spiro atoms. The summed E-state index contributed by atoms with van der Waals surface area (Å²) in [7, 11) is 0. The summed E-state index contributed by atoms with van der Waals surface area (Å²) in [6.45, 7) is 7.34. The van der Waals surface area contributed by atoms with Gasteiger partial charge in [0.25, 0.3) is 0 Å². The molecule has 1 atom stereocenters. The fourth-order valence-corrected chi connectivity index (χ4v) is 3.31. The summed E-state index contributed by atoms with van der Waals surface area (Å²) >= 11 is 5.51. The maximum Gasteiger partial charge on any atom is 0.179 e. The molecule has 3 rings (SSSR count). The molecule has 4 nitrogen and oxygen atoms in total. The molecule has 0 saturated heterocycles. The smallest absolute Gasteiger partial charge is 0.179 e. The second-order valence-electron chi connectivity index (χ2n) is 5.33. The summed E-state index contributed by atoms with van der Waals surface area (Å²) in [5.74, 6) is 0.774. The minimum absolute atomic E-state index is 0.474. The molecule has 0 aromatic carbocycles. The van der Waals surface area contributed by atoms with Crippen molar-refractivity contribution in [1.82, 2.24) is 19.3 Å². The van der Waals surface area contributed by atoms with E-state index in [1.54, 1.807) is 0 Å². The van der Waals surface area contributed by atoms with Gasteiger partial charge < -0.3 is 4.98 Å². The van der Waals surface area contributed by atoms with E-state index in [9.17, 15) is 0 Å². The van der Waals surface area contributed by atoms with Gasteiger partial charge in [-0.3, -0.25) is 4.57 Å². The van der Waals surface area contributed by atoms with E-state index in [0.717, 1.165) is 28.4 Å². The lowest BCUT2D eigenvalue weighted by Gasteiger charge is -2.32. The fraction of sp³-hybridized carbons (Fsp3) is 0.692. The van der Waals surface area contributed by atoms with Crippen molar-refractivity contribution >= 4 is 23.4 Å². The molecule has 0 amide bonds. The Morgan fingerprint density at radius 3 is 2.78 bits per heavy atom. The zero-order valence-electron chi connectivity index (χ0n) is 11.2. The van der Waals surface area contributed by atoms with Crippen molar-refractivity contribution < 1.29 is 0 Å². The van der Waals surface area contributed by atoms with Crippen molar-refractivity contribution in [3.05, 3.63) is 10.5 Å². The number of hydrogen-bond donors (Lipinski definition) is 1. The Kier molecular flexibility index (Phi) is 2.81. The second kappa shape index (κ2) is 4.23. The number of imidazole rings is 1. The van der Waals surface area contributed by atoms with Crippen LogP contribution in [0.2, 0.25) is 0 Å². The van der Waals surface area contributed by atoms with Crippen LogP contribution in [-0.4, -0.2) is 19.3 Å². The van der Waals surface area contributed by atoms with Crippen LogP contribution in [-0.2, 0) is 6.54 Å². The largest absolute Gasteiger partial charge is 0.328 e. The van der Waals surface area contributed by atoms with Crippen LogP contribution in [0.4, 0.5) is 0 Å². The molecule has 2 heterocycles. The summed E-state index contributed by atoms with van der Waals surface area (Å²) in [6.07, 6.45) is 4.02. The van der Waals surface area contributed by atoms with E-state index in [2.05, 4.69) is 33.2 Å². The first-order valence-corrected chi connectivity index (χ1v) is 7.22. The maximum atomic E-state index is 5.51. The minimum Gasteiger partial charge on any atom is -0.328 e. The van der Waals surface area contributed by atoms with Crippen molar-refractivity contribution in [3.8, 4) is 0 Å². The molecule has 0 aliphatic heterocycles. The predicted octanol–water partition coefficient (Wildman–Crippen LogP) is 3.58. The Morgan fingerprint density at radius 1 is 1.50 bits per heavy atom. The third kappa shape index (κ3) is 1.56. The monoisotopic (exact) mass is 264 g/mol. The highest BCUT2D eigenvalue weighted by Gasteiger charge is 2.28. The quantitative estimate of drug-likeness (QED) is 0.860. The van der Waals surface area contributed by atoms with Gasteiger partial charge in [-0.15, -0.1) is 0 Å². The highest BCUT2D eigenvalue weighted by molar-refractivity contribution is 7.71. The number of fused-ring (bicyclic) bond motifs is 1. The highest BCUT2D eigenvalue weighted by Crippen LogP contribution is 2.37. The Bertz CT molecular complexity index is 629. The molecule has 0 radical (unpaired) electrons.